The first-order valence-corrected chi connectivity index (χ1v) is 12.6. The Hall–Kier alpha value is -1.36. The first-order chi connectivity index (χ1) is 14.7. The Labute approximate surface area is 188 Å². The van der Waals surface area contributed by atoms with Gasteiger partial charge in [0, 0.05) is 11.6 Å². The van der Waals surface area contributed by atoms with E-state index in [4.69, 9.17) is 4.74 Å². The molecule has 4 rings (SSSR count). The van der Waals surface area contributed by atoms with Gasteiger partial charge in [0.1, 0.15) is 0 Å². The Morgan fingerprint density at radius 1 is 1.26 bits per heavy atom. The number of ether oxygens (including phenoxy) is 1. The summed E-state index contributed by atoms with van der Waals surface area (Å²) in [4.78, 5) is 11.8. The average molecular weight is 431 g/mol. The van der Waals surface area contributed by atoms with Gasteiger partial charge in [0.2, 0.25) is 0 Å². The maximum atomic E-state index is 11.8. The lowest BCUT2D eigenvalue weighted by Gasteiger charge is -2.58. The number of carbonyl (C=O) groups is 1. The first kappa shape index (κ1) is 22.8. The van der Waals surface area contributed by atoms with Crippen LogP contribution in [0.4, 0.5) is 4.79 Å². The van der Waals surface area contributed by atoms with E-state index in [0.29, 0.717) is 24.4 Å². The largest absolute Gasteiger partial charge is 0.449 e. The number of aliphatic hydroxyl groups excluding tert-OH is 1. The molecule has 4 aliphatic rings. The highest BCUT2D eigenvalue weighted by Crippen LogP contribution is 2.67. The molecule has 0 aromatic rings. The molecule has 174 valence electrons. The van der Waals surface area contributed by atoms with Crippen LogP contribution in [0.2, 0.25) is 0 Å². The molecule has 0 heterocycles. The van der Waals surface area contributed by atoms with Crippen molar-refractivity contribution in [2.75, 3.05) is 6.61 Å². The van der Waals surface area contributed by atoms with Crippen molar-refractivity contribution in [1.29, 1.82) is 0 Å². The van der Waals surface area contributed by atoms with Crippen LogP contribution >= 0.6 is 0 Å². The summed E-state index contributed by atoms with van der Waals surface area (Å²) in [6.45, 7) is 11.6. The van der Waals surface area contributed by atoms with Crippen molar-refractivity contribution in [2.45, 2.75) is 92.1 Å². The Morgan fingerprint density at radius 2 is 2.03 bits per heavy atom. The van der Waals surface area contributed by atoms with Crippen molar-refractivity contribution in [3.63, 3.8) is 0 Å². The molecule has 1 amide bonds. The van der Waals surface area contributed by atoms with E-state index in [-0.39, 0.29) is 16.9 Å². The Balaban J connectivity index is 1.60. The fourth-order valence-electron chi connectivity index (χ4n) is 8.41. The SMILES string of the molecule is CCOC(=O)N/N=C(/C)C1C(CC)CC2C3CC=C4CC(O)CCC4(C)C3CCC21C. The number of allylic oxidation sites excluding steroid dienone is 1. The number of hydrazone groups is 1. The van der Waals surface area contributed by atoms with Crippen LogP contribution in [0.5, 0.6) is 0 Å². The van der Waals surface area contributed by atoms with Gasteiger partial charge in [-0.3, -0.25) is 0 Å². The molecule has 0 aromatic heterocycles. The minimum Gasteiger partial charge on any atom is -0.449 e. The molecule has 4 aliphatic carbocycles. The fraction of sp³-hybridized carbons (Fsp3) is 0.846. The standard InChI is InChI=1S/C26H42N2O3/c1-6-17-14-22-20-9-8-18-15-19(29)10-12-25(18,4)21(20)11-13-26(22,5)23(17)16(3)27-28-24(30)31-7-2/h8,17,19-23,29H,6-7,9-15H2,1-5H3,(H,28,30)/b27-16-. The van der Waals surface area contributed by atoms with Gasteiger partial charge >= 0.3 is 6.09 Å². The number of hydrogen-bond donors (Lipinski definition) is 2. The molecule has 8 atom stereocenters. The first-order valence-electron chi connectivity index (χ1n) is 12.6. The molecule has 0 aliphatic heterocycles. The molecule has 3 fully saturated rings. The van der Waals surface area contributed by atoms with Crippen LogP contribution in [0.25, 0.3) is 0 Å². The second-order valence-corrected chi connectivity index (χ2v) is 11.2. The van der Waals surface area contributed by atoms with Gasteiger partial charge in [-0.25, -0.2) is 10.2 Å². The summed E-state index contributed by atoms with van der Waals surface area (Å²) in [7, 11) is 0. The second-order valence-electron chi connectivity index (χ2n) is 11.2. The number of fused-ring (bicyclic) bond motifs is 5. The molecule has 0 saturated heterocycles. The van der Waals surface area contributed by atoms with Gasteiger partial charge in [-0.05, 0) is 93.3 Å². The van der Waals surface area contributed by atoms with Gasteiger partial charge in [0.25, 0.3) is 0 Å². The van der Waals surface area contributed by atoms with E-state index in [1.807, 2.05) is 6.92 Å². The van der Waals surface area contributed by atoms with Crippen molar-refractivity contribution in [3.8, 4) is 0 Å². The number of amides is 1. The number of rotatable bonds is 4. The molecule has 5 heteroatoms. The van der Waals surface area contributed by atoms with Crippen LogP contribution in [0.3, 0.4) is 0 Å². The summed E-state index contributed by atoms with van der Waals surface area (Å²) in [5.41, 5.74) is 5.72. The van der Waals surface area contributed by atoms with Crippen LogP contribution in [-0.2, 0) is 4.74 Å². The lowest BCUT2D eigenvalue weighted by atomic mass is 9.47. The zero-order chi connectivity index (χ0) is 22.4. The minimum absolute atomic E-state index is 0.143. The highest BCUT2D eigenvalue weighted by molar-refractivity contribution is 5.86. The van der Waals surface area contributed by atoms with Crippen LogP contribution < -0.4 is 5.43 Å². The second kappa shape index (κ2) is 8.53. The third-order valence-electron chi connectivity index (χ3n) is 9.83. The highest BCUT2D eigenvalue weighted by atomic mass is 16.5. The number of nitrogens with zero attached hydrogens (tertiary/aromatic N) is 1. The van der Waals surface area contributed by atoms with Gasteiger partial charge < -0.3 is 9.84 Å². The van der Waals surface area contributed by atoms with Gasteiger partial charge in [0.05, 0.1) is 12.7 Å². The Morgan fingerprint density at radius 3 is 2.74 bits per heavy atom. The summed E-state index contributed by atoms with van der Waals surface area (Å²) < 4.78 is 5.00. The third kappa shape index (κ3) is 3.75. The van der Waals surface area contributed by atoms with E-state index < -0.39 is 6.09 Å². The molecule has 0 aromatic carbocycles. The lowest BCUT2D eigenvalue weighted by molar-refractivity contribution is -0.0425. The molecule has 0 radical (unpaired) electrons. The van der Waals surface area contributed by atoms with Gasteiger partial charge in [-0.1, -0.05) is 38.8 Å². The van der Waals surface area contributed by atoms with Crippen molar-refractivity contribution in [1.82, 2.24) is 5.43 Å². The van der Waals surface area contributed by atoms with Crippen LogP contribution in [0.1, 0.15) is 86.0 Å². The normalized spacial score (nSPS) is 44.6. The fourth-order valence-corrected chi connectivity index (χ4v) is 8.41. The highest BCUT2D eigenvalue weighted by Gasteiger charge is 2.61. The summed E-state index contributed by atoms with van der Waals surface area (Å²) in [5.74, 6) is 3.21. The topological polar surface area (TPSA) is 70.9 Å². The zero-order valence-corrected chi connectivity index (χ0v) is 20.1. The number of carbonyl (C=O) groups excluding carboxylic acids is 1. The average Bonchev–Trinajstić information content (AvgIpc) is 3.05. The Kier molecular flexibility index (Phi) is 6.28. The Bertz CT molecular complexity index is 762. The van der Waals surface area contributed by atoms with E-state index in [0.717, 1.165) is 43.2 Å². The maximum absolute atomic E-state index is 11.8. The minimum atomic E-state index is -0.462. The smallest absolute Gasteiger partial charge is 0.427 e. The van der Waals surface area contributed by atoms with Crippen LogP contribution in [-0.4, -0.2) is 29.6 Å². The van der Waals surface area contributed by atoms with E-state index in [1.165, 1.54) is 31.3 Å². The van der Waals surface area contributed by atoms with Gasteiger partial charge in [0.15, 0.2) is 0 Å². The maximum Gasteiger partial charge on any atom is 0.427 e. The predicted octanol–water partition coefficient (Wildman–Crippen LogP) is 5.68. The van der Waals surface area contributed by atoms with E-state index in [1.54, 1.807) is 0 Å². The van der Waals surface area contributed by atoms with E-state index in [9.17, 15) is 9.90 Å². The summed E-state index contributed by atoms with van der Waals surface area (Å²) >= 11 is 0. The monoisotopic (exact) mass is 430 g/mol. The molecular weight excluding hydrogens is 388 g/mol. The molecule has 5 nitrogen and oxygen atoms in total. The van der Waals surface area contributed by atoms with Crippen molar-refractivity contribution in [3.05, 3.63) is 11.6 Å². The number of aliphatic hydroxyl groups is 1. The lowest BCUT2D eigenvalue weighted by Crippen LogP contribution is -2.51. The summed E-state index contributed by atoms with van der Waals surface area (Å²) in [6, 6.07) is 0. The van der Waals surface area contributed by atoms with Crippen molar-refractivity contribution >= 4 is 11.8 Å². The van der Waals surface area contributed by atoms with E-state index in [2.05, 4.69) is 44.3 Å². The molecular formula is C26H42N2O3. The molecule has 0 bridgehead atoms. The van der Waals surface area contributed by atoms with Crippen LogP contribution in [0.15, 0.2) is 16.8 Å². The summed E-state index contributed by atoms with van der Waals surface area (Å²) in [6.07, 6.45) is 11.0. The zero-order valence-electron chi connectivity index (χ0n) is 20.1. The van der Waals surface area contributed by atoms with Crippen molar-refractivity contribution in [2.24, 2.45) is 45.5 Å². The molecule has 2 N–H and O–H groups in total. The van der Waals surface area contributed by atoms with Crippen LogP contribution in [0, 0.1) is 40.4 Å². The van der Waals surface area contributed by atoms with Crippen molar-refractivity contribution < 1.29 is 14.6 Å². The molecule has 3 saturated carbocycles. The number of hydrogen-bond acceptors (Lipinski definition) is 4. The summed E-state index contributed by atoms with van der Waals surface area (Å²) in [5, 5.41) is 14.7. The predicted molar refractivity (Wildman–Crippen MR) is 124 cm³/mol. The van der Waals surface area contributed by atoms with Gasteiger partial charge in [-0.15, -0.1) is 0 Å². The third-order valence-corrected chi connectivity index (χ3v) is 9.83. The molecule has 31 heavy (non-hydrogen) atoms. The molecule has 8 unspecified atom stereocenters. The van der Waals surface area contributed by atoms with E-state index >= 15 is 0 Å². The molecule has 0 spiro atoms. The number of nitrogens with one attached hydrogen (secondary N) is 1. The van der Waals surface area contributed by atoms with Gasteiger partial charge in [-0.2, -0.15) is 5.10 Å². The quantitative estimate of drug-likeness (QED) is 0.342.